The van der Waals surface area contributed by atoms with Gasteiger partial charge < -0.3 is 15.0 Å². The Kier molecular flexibility index (Phi) is 5.21. The van der Waals surface area contributed by atoms with Crippen molar-refractivity contribution in [3.05, 3.63) is 60.2 Å². The molecule has 2 rings (SSSR count). The highest BCUT2D eigenvalue weighted by molar-refractivity contribution is 5.77. The summed E-state index contributed by atoms with van der Waals surface area (Å²) in [5.74, 6) is 0.626. The quantitative estimate of drug-likeness (QED) is 0.887. The first-order chi connectivity index (χ1) is 10.1. The fourth-order valence-electron chi connectivity index (χ4n) is 1.77. The molecule has 2 aromatic carbocycles. The molecule has 0 unspecified atom stereocenters. The first-order valence-corrected chi connectivity index (χ1v) is 6.86. The van der Waals surface area contributed by atoms with Crippen molar-refractivity contribution in [2.45, 2.75) is 6.54 Å². The smallest absolute Gasteiger partial charge is 0.259 e. The van der Waals surface area contributed by atoms with E-state index in [1.165, 1.54) is 10.5 Å². The third kappa shape index (κ3) is 4.84. The highest BCUT2D eigenvalue weighted by Gasteiger charge is 2.05. The van der Waals surface area contributed by atoms with Crippen molar-refractivity contribution in [1.29, 1.82) is 0 Å². The zero-order chi connectivity index (χ0) is 15.1. The largest absolute Gasteiger partial charge is 0.484 e. The van der Waals surface area contributed by atoms with Crippen molar-refractivity contribution >= 4 is 11.6 Å². The van der Waals surface area contributed by atoms with Crippen LogP contribution in [0.4, 0.5) is 5.69 Å². The molecule has 0 bridgehead atoms. The van der Waals surface area contributed by atoms with Gasteiger partial charge in [-0.3, -0.25) is 4.79 Å². The third-order valence-corrected chi connectivity index (χ3v) is 3.03. The van der Waals surface area contributed by atoms with Crippen LogP contribution < -0.4 is 10.1 Å². The average molecular weight is 284 g/mol. The van der Waals surface area contributed by atoms with Crippen LogP contribution in [0.1, 0.15) is 5.56 Å². The van der Waals surface area contributed by atoms with Crippen LogP contribution in [0, 0.1) is 0 Å². The highest BCUT2D eigenvalue weighted by Crippen LogP contribution is 2.18. The lowest BCUT2D eigenvalue weighted by Crippen LogP contribution is -2.27. The van der Waals surface area contributed by atoms with Gasteiger partial charge >= 0.3 is 0 Å². The topological polar surface area (TPSA) is 41.6 Å². The number of amides is 1. The summed E-state index contributed by atoms with van der Waals surface area (Å²) >= 11 is 0. The van der Waals surface area contributed by atoms with Crippen LogP contribution in [0.15, 0.2) is 54.6 Å². The van der Waals surface area contributed by atoms with E-state index in [0.29, 0.717) is 5.75 Å². The van der Waals surface area contributed by atoms with Gasteiger partial charge in [0.2, 0.25) is 0 Å². The van der Waals surface area contributed by atoms with E-state index in [2.05, 4.69) is 17.4 Å². The van der Waals surface area contributed by atoms with Gasteiger partial charge in [0, 0.05) is 32.4 Å². The Morgan fingerprint density at radius 2 is 1.86 bits per heavy atom. The van der Waals surface area contributed by atoms with Gasteiger partial charge in [0.05, 0.1) is 0 Å². The fraction of sp³-hybridized carbons (Fsp3) is 0.235. The molecule has 0 fully saturated rings. The van der Waals surface area contributed by atoms with E-state index < -0.39 is 0 Å². The monoisotopic (exact) mass is 284 g/mol. The molecule has 0 radical (unpaired) electrons. The Hall–Kier alpha value is -2.49. The first kappa shape index (κ1) is 14.9. The van der Waals surface area contributed by atoms with E-state index in [1.54, 1.807) is 14.1 Å². The molecule has 0 heterocycles. The minimum Gasteiger partial charge on any atom is -0.484 e. The summed E-state index contributed by atoms with van der Waals surface area (Å²) in [6.45, 7) is 0.802. The molecule has 1 N–H and O–H groups in total. The van der Waals surface area contributed by atoms with Gasteiger partial charge in [0.1, 0.15) is 5.75 Å². The molecule has 0 aliphatic carbocycles. The normalized spacial score (nSPS) is 10.0. The molecule has 21 heavy (non-hydrogen) atoms. The molecule has 0 saturated carbocycles. The first-order valence-electron chi connectivity index (χ1n) is 6.86. The average Bonchev–Trinajstić information content (AvgIpc) is 2.52. The van der Waals surface area contributed by atoms with Crippen LogP contribution in [0.2, 0.25) is 0 Å². The maximum Gasteiger partial charge on any atom is 0.259 e. The predicted molar refractivity (Wildman–Crippen MR) is 84.4 cm³/mol. The zero-order valence-electron chi connectivity index (χ0n) is 12.4. The van der Waals surface area contributed by atoms with Gasteiger partial charge in [0.15, 0.2) is 6.61 Å². The van der Waals surface area contributed by atoms with Gasteiger partial charge in [-0.05, 0) is 17.7 Å². The number of hydrogen-bond donors (Lipinski definition) is 1. The molecule has 0 atom stereocenters. The van der Waals surface area contributed by atoms with Gasteiger partial charge in [-0.25, -0.2) is 0 Å². The standard InChI is InChI=1S/C17H20N2O2/c1-19(2)17(20)13-21-16-10-6-9-15(11-16)18-12-14-7-4-3-5-8-14/h3-11,18H,12-13H2,1-2H3. The number of rotatable bonds is 6. The number of anilines is 1. The maximum absolute atomic E-state index is 11.5. The van der Waals surface area contributed by atoms with Crippen LogP contribution in [0.3, 0.4) is 0 Å². The number of nitrogens with one attached hydrogen (secondary N) is 1. The number of likely N-dealkylation sites (N-methyl/N-ethyl adjacent to an activating group) is 1. The van der Waals surface area contributed by atoms with Gasteiger partial charge in [0.25, 0.3) is 5.91 Å². The van der Waals surface area contributed by atoms with E-state index in [-0.39, 0.29) is 12.5 Å². The summed E-state index contributed by atoms with van der Waals surface area (Å²) in [7, 11) is 3.42. The summed E-state index contributed by atoms with van der Waals surface area (Å²) in [4.78, 5) is 13.0. The Balaban J connectivity index is 1.90. The van der Waals surface area contributed by atoms with Crippen LogP contribution in [0.5, 0.6) is 5.75 Å². The Morgan fingerprint density at radius 1 is 1.10 bits per heavy atom. The molecular weight excluding hydrogens is 264 g/mol. The lowest BCUT2D eigenvalue weighted by Gasteiger charge is -2.12. The molecule has 0 aliphatic heterocycles. The van der Waals surface area contributed by atoms with Gasteiger partial charge in [-0.2, -0.15) is 0 Å². The Bertz CT molecular complexity index is 582. The molecule has 110 valence electrons. The molecule has 4 nitrogen and oxygen atoms in total. The van der Waals surface area contributed by atoms with Crippen LogP contribution in [-0.4, -0.2) is 31.5 Å². The lowest BCUT2D eigenvalue weighted by atomic mass is 10.2. The van der Waals surface area contributed by atoms with Crippen molar-refractivity contribution in [2.75, 3.05) is 26.0 Å². The number of carbonyl (C=O) groups excluding carboxylic acids is 1. The second kappa shape index (κ2) is 7.33. The summed E-state index contributed by atoms with van der Waals surface area (Å²) in [5.41, 5.74) is 2.18. The number of ether oxygens (including phenoxy) is 1. The van der Waals surface area contributed by atoms with Crippen molar-refractivity contribution < 1.29 is 9.53 Å². The van der Waals surface area contributed by atoms with E-state index in [0.717, 1.165) is 12.2 Å². The van der Waals surface area contributed by atoms with E-state index >= 15 is 0 Å². The third-order valence-electron chi connectivity index (χ3n) is 3.03. The molecule has 0 aliphatic rings. The molecule has 0 spiro atoms. The van der Waals surface area contributed by atoms with E-state index in [4.69, 9.17) is 4.74 Å². The predicted octanol–water partition coefficient (Wildman–Crippen LogP) is 2.77. The van der Waals surface area contributed by atoms with Crippen molar-refractivity contribution in [3.8, 4) is 5.75 Å². The molecule has 1 amide bonds. The molecule has 4 heteroatoms. The fourth-order valence-corrected chi connectivity index (χ4v) is 1.77. The molecular formula is C17H20N2O2. The molecule has 2 aromatic rings. The number of benzene rings is 2. The lowest BCUT2D eigenvalue weighted by molar-refractivity contribution is -0.130. The van der Waals surface area contributed by atoms with Crippen LogP contribution in [0.25, 0.3) is 0 Å². The van der Waals surface area contributed by atoms with Crippen LogP contribution in [-0.2, 0) is 11.3 Å². The summed E-state index contributed by atoms with van der Waals surface area (Å²) in [6, 6.07) is 17.8. The Labute approximate surface area is 125 Å². The summed E-state index contributed by atoms with van der Waals surface area (Å²) < 4.78 is 5.49. The van der Waals surface area contributed by atoms with Gasteiger partial charge in [-0.1, -0.05) is 36.4 Å². The zero-order valence-corrected chi connectivity index (χ0v) is 12.4. The number of nitrogens with zero attached hydrogens (tertiary/aromatic N) is 1. The summed E-state index contributed by atoms with van der Waals surface area (Å²) in [5, 5.41) is 3.34. The number of hydrogen-bond acceptors (Lipinski definition) is 3. The molecule has 0 saturated heterocycles. The van der Waals surface area contributed by atoms with E-state index in [9.17, 15) is 4.79 Å². The van der Waals surface area contributed by atoms with E-state index in [1.807, 2.05) is 42.5 Å². The Morgan fingerprint density at radius 3 is 2.57 bits per heavy atom. The SMILES string of the molecule is CN(C)C(=O)COc1cccc(NCc2ccccc2)c1. The maximum atomic E-state index is 11.5. The van der Waals surface area contributed by atoms with Crippen molar-refractivity contribution in [3.63, 3.8) is 0 Å². The highest BCUT2D eigenvalue weighted by atomic mass is 16.5. The second-order valence-corrected chi connectivity index (χ2v) is 4.94. The van der Waals surface area contributed by atoms with Crippen molar-refractivity contribution in [1.82, 2.24) is 4.90 Å². The second-order valence-electron chi connectivity index (χ2n) is 4.94. The molecule has 0 aromatic heterocycles. The van der Waals surface area contributed by atoms with Crippen molar-refractivity contribution in [2.24, 2.45) is 0 Å². The van der Waals surface area contributed by atoms with Gasteiger partial charge in [-0.15, -0.1) is 0 Å². The van der Waals surface area contributed by atoms with Crippen LogP contribution >= 0.6 is 0 Å². The number of carbonyl (C=O) groups is 1. The summed E-state index contributed by atoms with van der Waals surface area (Å²) in [6.07, 6.45) is 0. The minimum absolute atomic E-state index is 0.0507. The minimum atomic E-state index is -0.0577.